The van der Waals surface area contributed by atoms with Crippen molar-refractivity contribution in [3.05, 3.63) is 23.3 Å². The van der Waals surface area contributed by atoms with E-state index in [0.717, 1.165) is 0 Å². The molecule has 1 rings (SSSR count). The minimum absolute atomic E-state index is 0.293. The fourth-order valence-electron chi connectivity index (χ4n) is 1.07. The van der Waals surface area contributed by atoms with Crippen LogP contribution in [0.4, 0.5) is 0 Å². The zero-order valence-electron chi connectivity index (χ0n) is 6.03. The van der Waals surface area contributed by atoms with Crippen LogP contribution in [0.1, 0.15) is 20.8 Å². The summed E-state index contributed by atoms with van der Waals surface area (Å²) in [6, 6.07) is 0. The molecule has 0 aliphatic heterocycles. The van der Waals surface area contributed by atoms with Gasteiger partial charge in [-0.2, -0.15) is 0 Å². The number of halogens is 1. The third kappa shape index (κ3) is 1.37. The summed E-state index contributed by atoms with van der Waals surface area (Å²) in [4.78, 5) is 0. The average Bonchev–Trinajstić information content (AvgIpc) is 1.79. The average molecular weight is 234 g/mol. The largest absolute Gasteiger partial charge is 0.0697 e. The molecule has 1 unspecified atom stereocenters. The van der Waals surface area contributed by atoms with E-state index in [0.29, 0.717) is 3.42 Å². The molecule has 1 aliphatic rings. The topological polar surface area (TPSA) is 0 Å². The molecular formula is C8H11I. The van der Waals surface area contributed by atoms with Crippen LogP contribution in [-0.4, -0.2) is 3.42 Å². The third-order valence-electron chi connectivity index (χ3n) is 1.71. The van der Waals surface area contributed by atoms with Crippen LogP contribution in [0.25, 0.3) is 0 Å². The van der Waals surface area contributed by atoms with E-state index in [4.69, 9.17) is 0 Å². The monoisotopic (exact) mass is 234 g/mol. The molecule has 0 aromatic carbocycles. The van der Waals surface area contributed by atoms with Crippen molar-refractivity contribution in [2.45, 2.75) is 24.2 Å². The van der Waals surface area contributed by atoms with Crippen molar-refractivity contribution in [2.75, 3.05) is 0 Å². The summed E-state index contributed by atoms with van der Waals surface area (Å²) in [5.41, 5.74) is 2.85. The Morgan fingerprint density at radius 3 is 2.11 bits per heavy atom. The van der Waals surface area contributed by atoms with Crippen molar-refractivity contribution >= 4 is 22.6 Å². The van der Waals surface area contributed by atoms with Crippen molar-refractivity contribution < 1.29 is 0 Å². The Bertz CT molecular complexity index is 185. The van der Waals surface area contributed by atoms with Crippen LogP contribution < -0.4 is 0 Å². The van der Waals surface area contributed by atoms with Gasteiger partial charge in [-0.25, -0.2) is 0 Å². The van der Waals surface area contributed by atoms with Crippen LogP contribution in [-0.2, 0) is 0 Å². The van der Waals surface area contributed by atoms with Gasteiger partial charge in [-0.15, -0.1) is 0 Å². The lowest BCUT2D eigenvalue weighted by atomic mass is 10.1. The first-order valence-electron chi connectivity index (χ1n) is 3.09. The number of rotatable bonds is 0. The van der Waals surface area contributed by atoms with Crippen molar-refractivity contribution in [1.29, 1.82) is 0 Å². The maximum absolute atomic E-state index is 2.46. The molecule has 0 bridgehead atoms. The van der Waals surface area contributed by atoms with Crippen molar-refractivity contribution in [1.82, 2.24) is 0 Å². The lowest BCUT2D eigenvalue weighted by Gasteiger charge is -2.13. The number of hydrogen-bond acceptors (Lipinski definition) is 0. The third-order valence-corrected chi connectivity index (χ3v) is 2.88. The molecular weight excluding hydrogens is 223 g/mol. The van der Waals surface area contributed by atoms with Gasteiger partial charge in [-0.05, 0) is 20.8 Å². The first-order valence-corrected chi connectivity index (χ1v) is 4.17. The molecule has 0 amide bonds. The number of allylic oxidation sites excluding steroid dienone is 4. The molecule has 50 valence electrons. The molecule has 0 fully saturated rings. The number of alkyl halides is 1. The van der Waals surface area contributed by atoms with Crippen LogP contribution in [0.3, 0.4) is 0 Å². The lowest BCUT2D eigenvalue weighted by Crippen LogP contribution is -2.08. The second-order valence-corrected chi connectivity index (χ2v) is 5.03. The Balaban J connectivity index is 2.96. The van der Waals surface area contributed by atoms with E-state index in [-0.39, 0.29) is 0 Å². The molecule has 1 atom stereocenters. The molecule has 0 nitrogen and oxygen atoms in total. The van der Waals surface area contributed by atoms with Crippen molar-refractivity contribution in [3.8, 4) is 0 Å². The van der Waals surface area contributed by atoms with Crippen LogP contribution in [0.15, 0.2) is 23.3 Å². The van der Waals surface area contributed by atoms with Gasteiger partial charge < -0.3 is 0 Å². The van der Waals surface area contributed by atoms with Gasteiger partial charge in [0.05, 0.1) is 3.42 Å². The SMILES string of the molecule is CC1=CC(C)(I)C(C)=C1. The highest BCUT2D eigenvalue weighted by Gasteiger charge is 2.23. The highest BCUT2D eigenvalue weighted by Crippen LogP contribution is 2.35. The zero-order chi connectivity index (χ0) is 7.07. The molecule has 1 aliphatic carbocycles. The predicted octanol–water partition coefficient (Wildman–Crippen LogP) is 3.09. The van der Waals surface area contributed by atoms with Gasteiger partial charge in [-0.3, -0.25) is 0 Å². The summed E-state index contributed by atoms with van der Waals surface area (Å²) in [6.45, 7) is 6.56. The summed E-state index contributed by atoms with van der Waals surface area (Å²) in [5.74, 6) is 0. The first-order chi connectivity index (χ1) is 4.02. The van der Waals surface area contributed by atoms with Gasteiger partial charge >= 0.3 is 0 Å². The summed E-state index contributed by atoms with van der Waals surface area (Å²) < 4.78 is 0.293. The minimum Gasteiger partial charge on any atom is -0.0697 e. The molecule has 0 spiro atoms. The summed E-state index contributed by atoms with van der Waals surface area (Å²) in [5, 5.41) is 0. The molecule has 9 heavy (non-hydrogen) atoms. The van der Waals surface area contributed by atoms with Gasteiger partial charge in [-0.1, -0.05) is 45.9 Å². The van der Waals surface area contributed by atoms with Crippen LogP contribution in [0, 0.1) is 0 Å². The molecule has 0 aromatic rings. The van der Waals surface area contributed by atoms with E-state index >= 15 is 0 Å². The second-order valence-electron chi connectivity index (χ2n) is 2.79. The van der Waals surface area contributed by atoms with Crippen LogP contribution >= 0.6 is 22.6 Å². The molecule has 0 N–H and O–H groups in total. The van der Waals surface area contributed by atoms with Gasteiger partial charge in [0.15, 0.2) is 0 Å². The standard InChI is InChI=1S/C8H11I/c1-6-4-7(2)8(3,9)5-6/h4-5H,1-3H3. The summed E-state index contributed by atoms with van der Waals surface area (Å²) in [7, 11) is 0. The fraction of sp³-hybridized carbons (Fsp3) is 0.500. The Morgan fingerprint density at radius 1 is 1.44 bits per heavy atom. The van der Waals surface area contributed by atoms with Crippen LogP contribution in [0.5, 0.6) is 0 Å². The van der Waals surface area contributed by atoms with Gasteiger partial charge in [0, 0.05) is 0 Å². The molecule has 0 radical (unpaired) electrons. The molecule has 0 heterocycles. The smallest absolute Gasteiger partial charge is 0.0587 e. The highest BCUT2D eigenvalue weighted by atomic mass is 127. The van der Waals surface area contributed by atoms with E-state index in [1.54, 1.807) is 0 Å². The molecule has 0 saturated carbocycles. The zero-order valence-corrected chi connectivity index (χ0v) is 8.19. The quantitative estimate of drug-likeness (QED) is 0.446. The lowest BCUT2D eigenvalue weighted by molar-refractivity contribution is 0.989. The Labute approximate surface area is 70.2 Å². The Morgan fingerprint density at radius 2 is 2.00 bits per heavy atom. The van der Waals surface area contributed by atoms with E-state index in [2.05, 4.69) is 55.5 Å². The Kier molecular flexibility index (Phi) is 1.72. The van der Waals surface area contributed by atoms with Gasteiger partial charge in [0.2, 0.25) is 0 Å². The number of hydrogen-bond donors (Lipinski definition) is 0. The van der Waals surface area contributed by atoms with E-state index in [1.165, 1.54) is 11.1 Å². The minimum atomic E-state index is 0.293. The summed E-state index contributed by atoms with van der Waals surface area (Å²) >= 11 is 2.46. The van der Waals surface area contributed by atoms with Gasteiger partial charge in [0.25, 0.3) is 0 Å². The highest BCUT2D eigenvalue weighted by molar-refractivity contribution is 14.1. The fourth-order valence-corrected chi connectivity index (χ4v) is 1.71. The van der Waals surface area contributed by atoms with E-state index < -0.39 is 0 Å². The van der Waals surface area contributed by atoms with Gasteiger partial charge in [0.1, 0.15) is 0 Å². The van der Waals surface area contributed by atoms with Crippen molar-refractivity contribution in [2.24, 2.45) is 0 Å². The molecule has 0 aromatic heterocycles. The maximum Gasteiger partial charge on any atom is 0.0587 e. The predicted molar refractivity (Wildman–Crippen MR) is 49.9 cm³/mol. The van der Waals surface area contributed by atoms with E-state index in [1.807, 2.05) is 0 Å². The maximum atomic E-state index is 2.46. The first kappa shape index (κ1) is 7.32. The van der Waals surface area contributed by atoms with Crippen molar-refractivity contribution in [3.63, 3.8) is 0 Å². The second kappa shape index (κ2) is 2.11. The molecule has 0 saturated heterocycles. The normalized spacial score (nSPS) is 34.2. The van der Waals surface area contributed by atoms with E-state index in [9.17, 15) is 0 Å². The summed E-state index contributed by atoms with van der Waals surface area (Å²) in [6.07, 6.45) is 4.54. The Hall–Kier alpha value is 0.210. The molecule has 1 heteroatoms. The van der Waals surface area contributed by atoms with Crippen LogP contribution in [0.2, 0.25) is 0 Å².